The maximum absolute atomic E-state index is 12.2. The van der Waals surface area contributed by atoms with Gasteiger partial charge in [0.1, 0.15) is 0 Å². The molecule has 3 amide bonds. The zero-order valence-electron chi connectivity index (χ0n) is 16.1. The van der Waals surface area contributed by atoms with Crippen LogP contribution in [0.5, 0.6) is 0 Å². The van der Waals surface area contributed by atoms with Crippen LogP contribution >= 0.6 is 0 Å². The summed E-state index contributed by atoms with van der Waals surface area (Å²) in [6.45, 7) is 7.34. The first-order valence-corrected chi connectivity index (χ1v) is 8.82. The van der Waals surface area contributed by atoms with Gasteiger partial charge in [0, 0.05) is 22.9 Å². The fourth-order valence-corrected chi connectivity index (χ4v) is 2.50. The van der Waals surface area contributed by atoms with Crippen molar-refractivity contribution >= 4 is 29.1 Å². The third-order valence-electron chi connectivity index (χ3n) is 3.85. The van der Waals surface area contributed by atoms with Crippen molar-refractivity contribution in [3.8, 4) is 0 Å². The molecule has 0 saturated heterocycles. The molecule has 0 fully saturated rings. The summed E-state index contributed by atoms with van der Waals surface area (Å²) in [5.74, 6) is -0.790. The molecule has 2 rings (SSSR count). The lowest BCUT2D eigenvalue weighted by molar-refractivity contribution is -0.119. The summed E-state index contributed by atoms with van der Waals surface area (Å²) in [5.41, 5.74) is 3.77. The van der Waals surface area contributed by atoms with E-state index in [2.05, 4.69) is 16.0 Å². The zero-order chi connectivity index (χ0) is 20.0. The van der Waals surface area contributed by atoms with Gasteiger partial charge in [0.15, 0.2) is 0 Å². The summed E-state index contributed by atoms with van der Waals surface area (Å²) >= 11 is 0. The molecule has 3 N–H and O–H groups in total. The van der Waals surface area contributed by atoms with Crippen LogP contribution in [0.3, 0.4) is 0 Å². The Kier molecular flexibility index (Phi) is 6.71. The van der Waals surface area contributed by atoms with Gasteiger partial charge in [-0.05, 0) is 50.2 Å². The maximum atomic E-state index is 12.2. The molecule has 0 heterocycles. The summed E-state index contributed by atoms with van der Waals surface area (Å²) in [6.07, 6.45) is 0. The number of hydrogen-bond acceptors (Lipinski definition) is 3. The molecule has 0 bridgehead atoms. The van der Waals surface area contributed by atoms with Crippen LogP contribution in [0.1, 0.15) is 35.3 Å². The molecule has 0 unspecified atom stereocenters. The summed E-state index contributed by atoms with van der Waals surface area (Å²) in [4.78, 5) is 35.9. The Balaban J connectivity index is 1.86. The highest BCUT2D eigenvalue weighted by molar-refractivity contribution is 5.99. The first-order chi connectivity index (χ1) is 12.7. The number of carbonyl (C=O) groups excluding carboxylic acids is 3. The van der Waals surface area contributed by atoms with E-state index in [4.69, 9.17) is 0 Å². The van der Waals surface area contributed by atoms with Crippen LogP contribution in [0.2, 0.25) is 0 Å². The molecule has 0 radical (unpaired) electrons. The first kappa shape index (κ1) is 20.2. The molecule has 27 heavy (non-hydrogen) atoms. The molecule has 0 atom stereocenters. The Morgan fingerprint density at radius 3 is 1.89 bits per heavy atom. The lowest BCUT2D eigenvalue weighted by atomic mass is 10.1. The molecular weight excluding hydrogens is 342 g/mol. The smallest absolute Gasteiger partial charge is 0.251 e. The predicted molar refractivity (Wildman–Crippen MR) is 107 cm³/mol. The SMILES string of the molecule is Cc1cc(C)cc(C(=O)NCC(=O)Nc2ccc(NC(=O)C(C)C)cc2)c1. The monoisotopic (exact) mass is 367 g/mol. The summed E-state index contributed by atoms with van der Waals surface area (Å²) in [6, 6.07) is 12.4. The summed E-state index contributed by atoms with van der Waals surface area (Å²) in [7, 11) is 0. The second-order valence-electron chi connectivity index (χ2n) is 6.83. The highest BCUT2D eigenvalue weighted by atomic mass is 16.2. The lowest BCUT2D eigenvalue weighted by Crippen LogP contribution is -2.32. The van der Waals surface area contributed by atoms with Crippen LogP contribution in [0.15, 0.2) is 42.5 Å². The molecule has 142 valence electrons. The van der Waals surface area contributed by atoms with E-state index in [1.54, 1.807) is 36.4 Å². The minimum absolute atomic E-state index is 0.0686. The first-order valence-electron chi connectivity index (χ1n) is 8.82. The quantitative estimate of drug-likeness (QED) is 0.732. The minimum Gasteiger partial charge on any atom is -0.343 e. The van der Waals surface area contributed by atoms with E-state index in [9.17, 15) is 14.4 Å². The Morgan fingerprint density at radius 1 is 0.852 bits per heavy atom. The van der Waals surface area contributed by atoms with E-state index >= 15 is 0 Å². The minimum atomic E-state index is -0.327. The van der Waals surface area contributed by atoms with Crippen molar-refractivity contribution in [1.82, 2.24) is 5.32 Å². The van der Waals surface area contributed by atoms with Crippen LogP contribution in [0.4, 0.5) is 11.4 Å². The zero-order valence-corrected chi connectivity index (χ0v) is 16.1. The highest BCUT2D eigenvalue weighted by Gasteiger charge is 2.10. The van der Waals surface area contributed by atoms with Crippen LogP contribution < -0.4 is 16.0 Å². The molecule has 6 nitrogen and oxygen atoms in total. The normalized spacial score (nSPS) is 10.4. The van der Waals surface area contributed by atoms with Crippen LogP contribution in [0.25, 0.3) is 0 Å². The van der Waals surface area contributed by atoms with E-state index in [-0.39, 0.29) is 30.2 Å². The molecule has 0 aliphatic rings. The van der Waals surface area contributed by atoms with Crippen molar-refractivity contribution in [2.75, 3.05) is 17.2 Å². The molecule has 2 aromatic rings. The van der Waals surface area contributed by atoms with Gasteiger partial charge in [-0.25, -0.2) is 0 Å². The van der Waals surface area contributed by atoms with Crippen LogP contribution in [-0.2, 0) is 9.59 Å². The molecule has 0 spiro atoms. The van der Waals surface area contributed by atoms with Crippen molar-refractivity contribution in [2.45, 2.75) is 27.7 Å². The second kappa shape index (κ2) is 8.98. The van der Waals surface area contributed by atoms with Crippen molar-refractivity contribution in [3.63, 3.8) is 0 Å². The van der Waals surface area contributed by atoms with Gasteiger partial charge >= 0.3 is 0 Å². The van der Waals surface area contributed by atoms with E-state index in [0.717, 1.165) is 11.1 Å². The van der Waals surface area contributed by atoms with Gasteiger partial charge in [-0.15, -0.1) is 0 Å². The van der Waals surface area contributed by atoms with E-state index < -0.39 is 0 Å². The third-order valence-corrected chi connectivity index (χ3v) is 3.85. The average molecular weight is 367 g/mol. The molecule has 6 heteroatoms. The van der Waals surface area contributed by atoms with Gasteiger partial charge < -0.3 is 16.0 Å². The number of amides is 3. The number of carbonyl (C=O) groups is 3. The van der Waals surface area contributed by atoms with Crippen LogP contribution in [-0.4, -0.2) is 24.3 Å². The number of nitrogens with one attached hydrogen (secondary N) is 3. The number of anilines is 2. The predicted octanol–water partition coefficient (Wildman–Crippen LogP) is 3.27. The third kappa shape index (κ3) is 6.26. The van der Waals surface area contributed by atoms with Gasteiger partial charge in [0.05, 0.1) is 6.54 Å². The Hall–Kier alpha value is -3.15. The molecular formula is C21H25N3O3. The average Bonchev–Trinajstić information content (AvgIpc) is 2.60. The van der Waals surface area contributed by atoms with E-state index in [1.807, 2.05) is 33.8 Å². The van der Waals surface area contributed by atoms with E-state index in [1.165, 1.54) is 0 Å². The van der Waals surface area contributed by atoms with E-state index in [0.29, 0.717) is 16.9 Å². The topological polar surface area (TPSA) is 87.3 Å². The molecule has 0 saturated carbocycles. The molecule has 0 aliphatic carbocycles. The number of benzene rings is 2. The Labute approximate surface area is 159 Å². The molecule has 0 aromatic heterocycles. The number of aryl methyl sites for hydroxylation is 2. The van der Waals surface area contributed by atoms with Crippen molar-refractivity contribution in [3.05, 3.63) is 59.2 Å². The van der Waals surface area contributed by atoms with Crippen molar-refractivity contribution in [2.24, 2.45) is 5.92 Å². The fourth-order valence-electron chi connectivity index (χ4n) is 2.50. The molecule has 2 aromatic carbocycles. The number of rotatable bonds is 6. The fraction of sp³-hybridized carbons (Fsp3) is 0.286. The molecule has 0 aliphatic heterocycles. The largest absolute Gasteiger partial charge is 0.343 e. The Bertz CT molecular complexity index is 822. The summed E-state index contributed by atoms with van der Waals surface area (Å²) < 4.78 is 0. The van der Waals surface area contributed by atoms with Gasteiger partial charge in [-0.3, -0.25) is 14.4 Å². The van der Waals surface area contributed by atoms with Crippen LogP contribution in [0, 0.1) is 19.8 Å². The van der Waals surface area contributed by atoms with Gasteiger partial charge in [-0.1, -0.05) is 31.0 Å². The van der Waals surface area contributed by atoms with Gasteiger partial charge in [0.2, 0.25) is 11.8 Å². The maximum Gasteiger partial charge on any atom is 0.251 e. The number of hydrogen-bond donors (Lipinski definition) is 3. The van der Waals surface area contributed by atoms with Gasteiger partial charge in [0.25, 0.3) is 5.91 Å². The van der Waals surface area contributed by atoms with Gasteiger partial charge in [-0.2, -0.15) is 0 Å². The van der Waals surface area contributed by atoms with Crippen molar-refractivity contribution in [1.29, 1.82) is 0 Å². The highest BCUT2D eigenvalue weighted by Crippen LogP contribution is 2.14. The van der Waals surface area contributed by atoms with Crippen molar-refractivity contribution < 1.29 is 14.4 Å². The standard InChI is InChI=1S/C21H25N3O3/c1-13(2)20(26)24-18-7-5-17(6-8-18)23-19(25)12-22-21(27)16-10-14(3)9-15(4)11-16/h5-11,13H,12H2,1-4H3,(H,22,27)(H,23,25)(H,24,26). The summed E-state index contributed by atoms with van der Waals surface area (Å²) in [5, 5.41) is 8.10. The lowest BCUT2D eigenvalue weighted by Gasteiger charge is -2.10. The Morgan fingerprint density at radius 2 is 1.37 bits per heavy atom. The second-order valence-corrected chi connectivity index (χ2v) is 6.83.